The highest BCUT2D eigenvalue weighted by Gasteiger charge is 2.13. The normalized spacial score (nSPS) is 9.88. The van der Waals surface area contributed by atoms with Gasteiger partial charge in [0.05, 0.1) is 31.5 Å². The van der Waals surface area contributed by atoms with E-state index >= 15 is 0 Å². The minimum Gasteiger partial charge on any atom is -0.495 e. The van der Waals surface area contributed by atoms with Crippen molar-refractivity contribution < 1.29 is 19.1 Å². The van der Waals surface area contributed by atoms with Crippen LogP contribution in [0.25, 0.3) is 0 Å². The molecule has 0 aliphatic rings. The number of methoxy groups -OCH3 is 2. The van der Waals surface area contributed by atoms with Crippen LogP contribution in [0.5, 0.6) is 11.5 Å². The van der Waals surface area contributed by atoms with Crippen LogP contribution in [-0.4, -0.2) is 32.7 Å². The Morgan fingerprint density at radius 1 is 1.00 bits per heavy atom. The third-order valence-electron chi connectivity index (χ3n) is 3.19. The van der Waals surface area contributed by atoms with Crippen LogP contribution in [0, 0.1) is 0 Å². The van der Waals surface area contributed by atoms with Crippen molar-refractivity contribution in [1.29, 1.82) is 0 Å². The molecule has 0 aromatic heterocycles. The SMILES string of the molecule is COc1cc(NC(=O)CNC(=O)Nc2ccccc2)c(OC)cc1Cl. The summed E-state index contributed by atoms with van der Waals surface area (Å²) in [5.74, 6) is 0.353. The first-order chi connectivity index (χ1) is 12.0. The number of halogens is 1. The summed E-state index contributed by atoms with van der Waals surface area (Å²) in [6.07, 6.45) is 0. The number of ether oxygens (including phenoxy) is 2. The summed E-state index contributed by atoms with van der Waals surface area (Å²) in [7, 11) is 2.92. The van der Waals surface area contributed by atoms with Crippen molar-refractivity contribution in [1.82, 2.24) is 5.32 Å². The van der Waals surface area contributed by atoms with Crippen LogP contribution in [0.15, 0.2) is 42.5 Å². The summed E-state index contributed by atoms with van der Waals surface area (Å²) in [5.41, 5.74) is 1.02. The Balaban J connectivity index is 1.93. The molecule has 2 aromatic rings. The quantitative estimate of drug-likeness (QED) is 0.735. The van der Waals surface area contributed by atoms with E-state index in [-0.39, 0.29) is 6.54 Å². The lowest BCUT2D eigenvalue weighted by molar-refractivity contribution is -0.115. The van der Waals surface area contributed by atoms with E-state index in [1.807, 2.05) is 6.07 Å². The van der Waals surface area contributed by atoms with Crippen LogP contribution < -0.4 is 25.4 Å². The van der Waals surface area contributed by atoms with Gasteiger partial charge in [0.25, 0.3) is 0 Å². The topological polar surface area (TPSA) is 88.7 Å². The van der Waals surface area contributed by atoms with E-state index in [9.17, 15) is 9.59 Å². The minimum absolute atomic E-state index is 0.216. The van der Waals surface area contributed by atoms with Crippen molar-refractivity contribution in [3.63, 3.8) is 0 Å². The van der Waals surface area contributed by atoms with Gasteiger partial charge in [-0.1, -0.05) is 29.8 Å². The summed E-state index contributed by atoms with van der Waals surface area (Å²) in [4.78, 5) is 23.8. The number of urea groups is 1. The van der Waals surface area contributed by atoms with E-state index in [0.717, 1.165) is 0 Å². The van der Waals surface area contributed by atoms with Gasteiger partial charge < -0.3 is 25.4 Å². The molecular formula is C17H18ClN3O4. The number of hydrogen-bond acceptors (Lipinski definition) is 4. The molecule has 0 aliphatic carbocycles. The van der Waals surface area contributed by atoms with E-state index in [0.29, 0.717) is 27.9 Å². The molecule has 0 aliphatic heterocycles. The smallest absolute Gasteiger partial charge is 0.319 e. The maximum Gasteiger partial charge on any atom is 0.319 e. The third-order valence-corrected chi connectivity index (χ3v) is 3.48. The zero-order valence-corrected chi connectivity index (χ0v) is 14.5. The van der Waals surface area contributed by atoms with E-state index in [2.05, 4.69) is 16.0 Å². The average molecular weight is 364 g/mol. The second kappa shape index (κ2) is 8.79. The number of carbonyl (C=O) groups is 2. The van der Waals surface area contributed by atoms with Gasteiger partial charge in [0.2, 0.25) is 5.91 Å². The molecule has 3 N–H and O–H groups in total. The van der Waals surface area contributed by atoms with Crippen LogP contribution in [0.3, 0.4) is 0 Å². The lowest BCUT2D eigenvalue weighted by Gasteiger charge is -2.13. The second-order valence-electron chi connectivity index (χ2n) is 4.91. The molecule has 0 radical (unpaired) electrons. The Hall–Kier alpha value is -2.93. The fraction of sp³-hybridized carbons (Fsp3) is 0.176. The van der Waals surface area contributed by atoms with Crippen molar-refractivity contribution in [3.05, 3.63) is 47.5 Å². The Kier molecular flexibility index (Phi) is 6.47. The van der Waals surface area contributed by atoms with Crippen LogP contribution in [0.1, 0.15) is 0 Å². The molecule has 3 amide bonds. The average Bonchev–Trinajstić information content (AvgIpc) is 2.62. The van der Waals surface area contributed by atoms with Crippen molar-refractivity contribution >= 4 is 34.9 Å². The Morgan fingerprint density at radius 2 is 1.68 bits per heavy atom. The number of hydrogen-bond donors (Lipinski definition) is 3. The minimum atomic E-state index is -0.484. The van der Waals surface area contributed by atoms with Gasteiger partial charge in [-0.05, 0) is 12.1 Å². The number of rotatable bonds is 6. The van der Waals surface area contributed by atoms with Crippen LogP contribution in [-0.2, 0) is 4.79 Å². The highest BCUT2D eigenvalue weighted by molar-refractivity contribution is 6.32. The molecule has 2 aromatic carbocycles. The largest absolute Gasteiger partial charge is 0.495 e. The first-order valence-electron chi connectivity index (χ1n) is 7.34. The fourth-order valence-corrected chi connectivity index (χ4v) is 2.24. The number of nitrogens with one attached hydrogen (secondary N) is 3. The summed E-state index contributed by atoms with van der Waals surface area (Å²) in [5, 5.41) is 8.08. The summed E-state index contributed by atoms with van der Waals surface area (Å²) in [6.45, 7) is -0.216. The molecule has 0 heterocycles. The zero-order chi connectivity index (χ0) is 18.2. The molecule has 0 saturated carbocycles. The van der Waals surface area contributed by atoms with E-state index < -0.39 is 11.9 Å². The third kappa shape index (κ3) is 5.29. The maximum atomic E-state index is 12.0. The monoisotopic (exact) mass is 363 g/mol. The highest BCUT2D eigenvalue weighted by atomic mass is 35.5. The van der Waals surface area contributed by atoms with Crippen LogP contribution in [0.2, 0.25) is 5.02 Å². The molecule has 132 valence electrons. The van der Waals surface area contributed by atoms with Gasteiger partial charge in [0, 0.05) is 17.8 Å². The van der Waals surface area contributed by atoms with E-state index in [1.54, 1.807) is 30.3 Å². The summed E-state index contributed by atoms with van der Waals surface area (Å²) in [6, 6.07) is 11.5. The molecule has 0 bridgehead atoms. The Morgan fingerprint density at radius 3 is 2.32 bits per heavy atom. The lowest BCUT2D eigenvalue weighted by atomic mass is 10.2. The second-order valence-corrected chi connectivity index (χ2v) is 5.32. The molecule has 0 atom stereocenters. The van der Waals surface area contributed by atoms with Crippen molar-refractivity contribution in [2.75, 3.05) is 31.4 Å². The van der Waals surface area contributed by atoms with E-state index in [4.69, 9.17) is 21.1 Å². The maximum absolute atomic E-state index is 12.0. The van der Waals surface area contributed by atoms with Gasteiger partial charge in [-0.3, -0.25) is 4.79 Å². The molecular weight excluding hydrogens is 346 g/mol. The van der Waals surface area contributed by atoms with Gasteiger partial charge in [-0.15, -0.1) is 0 Å². The number of amides is 3. The molecule has 0 saturated heterocycles. The number of carbonyl (C=O) groups excluding carboxylic acids is 2. The van der Waals surface area contributed by atoms with Gasteiger partial charge in [-0.25, -0.2) is 4.79 Å². The standard InChI is InChI=1S/C17H18ClN3O4/c1-24-14-9-13(15(25-2)8-12(14)18)21-16(22)10-19-17(23)20-11-6-4-3-5-7-11/h3-9H,10H2,1-2H3,(H,21,22)(H2,19,20,23). The molecule has 25 heavy (non-hydrogen) atoms. The Bertz CT molecular complexity index is 753. The summed E-state index contributed by atoms with van der Waals surface area (Å²) >= 11 is 6.01. The molecule has 0 unspecified atom stereocenters. The number of benzene rings is 2. The predicted molar refractivity (Wildman–Crippen MR) is 96.6 cm³/mol. The zero-order valence-electron chi connectivity index (χ0n) is 13.8. The first kappa shape index (κ1) is 18.4. The highest BCUT2D eigenvalue weighted by Crippen LogP contribution is 2.35. The van der Waals surface area contributed by atoms with Gasteiger partial charge in [0.1, 0.15) is 11.5 Å². The fourth-order valence-electron chi connectivity index (χ4n) is 2.01. The van der Waals surface area contributed by atoms with Gasteiger partial charge in [-0.2, -0.15) is 0 Å². The van der Waals surface area contributed by atoms with Crippen molar-refractivity contribution in [2.24, 2.45) is 0 Å². The molecule has 8 heteroatoms. The molecule has 2 rings (SSSR count). The predicted octanol–water partition coefficient (Wildman–Crippen LogP) is 3.12. The summed E-state index contributed by atoms with van der Waals surface area (Å²) < 4.78 is 10.3. The first-order valence-corrected chi connectivity index (χ1v) is 7.72. The molecule has 0 fully saturated rings. The van der Waals surface area contributed by atoms with Crippen molar-refractivity contribution in [3.8, 4) is 11.5 Å². The van der Waals surface area contributed by atoms with E-state index in [1.165, 1.54) is 20.3 Å². The molecule has 0 spiro atoms. The van der Waals surface area contributed by atoms with Gasteiger partial charge in [0.15, 0.2) is 0 Å². The lowest BCUT2D eigenvalue weighted by Crippen LogP contribution is -2.35. The number of anilines is 2. The van der Waals surface area contributed by atoms with Crippen LogP contribution in [0.4, 0.5) is 16.2 Å². The molecule has 7 nitrogen and oxygen atoms in total. The Labute approximate surface area is 150 Å². The number of para-hydroxylation sites is 1. The van der Waals surface area contributed by atoms with Crippen LogP contribution >= 0.6 is 11.6 Å². The van der Waals surface area contributed by atoms with Crippen molar-refractivity contribution in [2.45, 2.75) is 0 Å². The van der Waals surface area contributed by atoms with Gasteiger partial charge >= 0.3 is 6.03 Å².